The van der Waals surface area contributed by atoms with Crippen LogP contribution in [0.5, 0.6) is 17.2 Å². The smallest absolute Gasteiger partial charge is 0.161 e. The van der Waals surface area contributed by atoms with Gasteiger partial charge in [-0.05, 0) is 29.3 Å². The summed E-state index contributed by atoms with van der Waals surface area (Å²) in [6.45, 7) is 1.61. The van der Waals surface area contributed by atoms with Crippen molar-refractivity contribution in [3.63, 3.8) is 0 Å². The Labute approximate surface area is 130 Å². The topological polar surface area (TPSA) is 39.7 Å². The standard InChI is InChI=1S/C18H19NO3/c1-20-16-7-13-10-19-11-18(14(13)8-17(16)21-2)9-12-5-3-4-6-15(12)22-18/h3-8,19H,9-11H2,1-2H3. The molecule has 1 atom stereocenters. The second-order valence-corrected chi connectivity index (χ2v) is 5.85. The zero-order valence-electron chi connectivity index (χ0n) is 12.8. The number of ether oxygens (including phenoxy) is 3. The van der Waals surface area contributed by atoms with Gasteiger partial charge in [0.1, 0.15) is 5.75 Å². The number of hydrogen-bond donors (Lipinski definition) is 1. The number of hydrogen-bond acceptors (Lipinski definition) is 4. The van der Waals surface area contributed by atoms with Gasteiger partial charge in [0.15, 0.2) is 17.1 Å². The monoisotopic (exact) mass is 297 g/mol. The molecule has 4 nitrogen and oxygen atoms in total. The van der Waals surface area contributed by atoms with Crippen molar-refractivity contribution in [1.29, 1.82) is 0 Å². The molecule has 1 N–H and O–H groups in total. The molecule has 1 spiro atoms. The Bertz CT molecular complexity index is 701. The van der Waals surface area contributed by atoms with Crippen LogP contribution in [0.1, 0.15) is 16.7 Å². The zero-order chi connectivity index (χ0) is 15.2. The van der Waals surface area contributed by atoms with Crippen molar-refractivity contribution in [2.45, 2.75) is 18.6 Å². The van der Waals surface area contributed by atoms with E-state index in [2.05, 4.69) is 29.6 Å². The van der Waals surface area contributed by atoms with Crippen molar-refractivity contribution >= 4 is 0 Å². The summed E-state index contributed by atoms with van der Waals surface area (Å²) in [5.41, 5.74) is 3.31. The maximum Gasteiger partial charge on any atom is 0.161 e. The lowest BCUT2D eigenvalue weighted by atomic mass is 9.83. The summed E-state index contributed by atoms with van der Waals surface area (Å²) in [5, 5.41) is 3.48. The Morgan fingerprint density at radius 1 is 1.05 bits per heavy atom. The summed E-state index contributed by atoms with van der Waals surface area (Å²) >= 11 is 0. The Kier molecular flexibility index (Phi) is 3.01. The number of benzene rings is 2. The van der Waals surface area contributed by atoms with Crippen molar-refractivity contribution in [2.24, 2.45) is 0 Å². The highest BCUT2D eigenvalue weighted by atomic mass is 16.5. The van der Waals surface area contributed by atoms with Gasteiger partial charge < -0.3 is 19.5 Å². The molecule has 0 aliphatic carbocycles. The zero-order valence-corrected chi connectivity index (χ0v) is 12.8. The SMILES string of the molecule is COc1cc2c(cc1OC)C1(CNC2)Cc2ccccc2O1. The van der Waals surface area contributed by atoms with Crippen molar-refractivity contribution in [2.75, 3.05) is 20.8 Å². The van der Waals surface area contributed by atoms with Crippen LogP contribution in [0.15, 0.2) is 36.4 Å². The first-order valence-electron chi connectivity index (χ1n) is 7.49. The van der Waals surface area contributed by atoms with E-state index in [1.807, 2.05) is 12.1 Å². The summed E-state index contributed by atoms with van der Waals surface area (Å²) < 4.78 is 17.3. The van der Waals surface area contributed by atoms with E-state index in [9.17, 15) is 0 Å². The molecule has 4 heteroatoms. The minimum absolute atomic E-state index is 0.350. The van der Waals surface area contributed by atoms with E-state index in [1.54, 1.807) is 14.2 Å². The lowest BCUT2D eigenvalue weighted by molar-refractivity contribution is 0.0822. The average Bonchev–Trinajstić information content (AvgIpc) is 2.92. The molecule has 2 aromatic carbocycles. The van der Waals surface area contributed by atoms with Crippen LogP contribution in [-0.2, 0) is 18.6 Å². The third-order valence-electron chi connectivity index (χ3n) is 4.58. The van der Waals surface area contributed by atoms with Gasteiger partial charge in [0, 0.05) is 25.1 Å². The molecule has 22 heavy (non-hydrogen) atoms. The van der Waals surface area contributed by atoms with Crippen molar-refractivity contribution < 1.29 is 14.2 Å². The van der Waals surface area contributed by atoms with Crippen LogP contribution in [0.25, 0.3) is 0 Å². The number of rotatable bonds is 2. The van der Waals surface area contributed by atoms with E-state index >= 15 is 0 Å². The van der Waals surface area contributed by atoms with E-state index in [-0.39, 0.29) is 5.60 Å². The molecular weight excluding hydrogens is 278 g/mol. The van der Waals surface area contributed by atoms with E-state index in [1.165, 1.54) is 16.7 Å². The second-order valence-electron chi connectivity index (χ2n) is 5.85. The van der Waals surface area contributed by atoms with Crippen LogP contribution in [0.2, 0.25) is 0 Å². The van der Waals surface area contributed by atoms with Gasteiger partial charge in [-0.2, -0.15) is 0 Å². The molecule has 1 unspecified atom stereocenters. The Morgan fingerprint density at radius 3 is 2.59 bits per heavy atom. The maximum atomic E-state index is 6.38. The molecular formula is C18H19NO3. The van der Waals surface area contributed by atoms with Gasteiger partial charge >= 0.3 is 0 Å². The molecule has 2 aliphatic rings. The Balaban J connectivity index is 1.83. The molecule has 0 bridgehead atoms. The van der Waals surface area contributed by atoms with Gasteiger partial charge in [-0.1, -0.05) is 18.2 Å². The molecule has 2 heterocycles. The maximum absolute atomic E-state index is 6.38. The highest BCUT2D eigenvalue weighted by Crippen LogP contribution is 2.46. The van der Waals surface area contributed by atoms with Crippen LogP contribution < -0.4 is 19.5 Å². The lowest BCUT2D eigenvalue weighted by Gasteiger charge is -2.36. The van der Waals surface area contributed by atoms with Crippen LogP contribution in [0.4, 0.5) is 0 Å². The number of para-hydroxylation sites is 1. The van der Waals surface area contributed by atoms with Crippen LogP contribution in [0, 0.1) is 0 Å². The first-order chi connectivity index (χ1) is 10.8. The fourth-order valence-electron chi connectivity index (χ4n) is 3.54. The van der Waals surface area contributed by atoms with E-state index in [0.717, 1.165) is 36.8 Å². The van der Waals surface area contributed by atoms with Gasteiger partial charge in [0.2, 0.25) is 0 Å². The minimum atomic E-state index is -0.350. The number of methoxy groups -OCH3 is 2. The summed E-state index contributed by atoms with van der Waals surface area (Å²) in [5.74, 6) is 2.49. The molecule has 2 aliphatic heterocycles. The second kappa shape index (κ2) is 4.92. The van der Waals surface area contributed by atoms with Gasteiger partial charge in [0.05, 0.1) is 14.2 Å². The Hall–Kier alpha value is -2.20. The number of fused-ring (bicyclic) bond motifs is 3. The van der Waals surface area contributed by atoms with E-state index in [0.29, 0.717) is 0 Å². The molecule has 0 amide bonds. The molecule has 0 aromatic heterocycles. The average molecular weight is 297 g/mol. The molecule has 114 valence electrons. The van der Waals surface area contributed by atoms with Crippen LogP contribution >= 0.6 is 0 Å². The molecule has 0 fully saturated rings. The third-order valence-corrected chi connectivity index (χ3v) is 4.58. The quantitative estimate of drug-likeness (QED) is 0.925. The van der Waals surface area contributed by atoms with Crippen molar-refractivity contribution in [3.8, 4) is 17.2 Å². The highest BCUT2D eigenvalue weighted by molar-refractivity contribution is 5.53. The van der Waals surface area contributed by atoms with Crippen molar-refractivity contribution in [3.05, 3.63) is 53.1 Å². The molecule has 4 rings (SSSR count). The Morgan fingerprint density at radius 2 is 1.82 bits per heavy atom. The summed E-state index contributed by atoms with van der Waals surface area (Å²) in [4.78, 5) is 0. The van der Waals surface area contributed by atoms with Gasteiger partial charge in [-0.25, -0.2) is 0 Å². The van der Waals surface area contributed by atoms with Crippen molar-refractivity contribution in [1.82, 2.24) is 5.32 Å². The van der Waals surface area contributed by atoms with Gasteiger partial charge in [0.25, 0.3) is 0 Å². The van der Waals surface area contributed by atoms with Gasteiger partial charge in [-0.15, -0.1) is 0 Å². The largest absolute Gasteiger partial charge is 0.493 e. The highest BCUT2D eigenvalue weighted by Gasteiger charge is 2.44. The van der Waals surface area contributed by atoms with Crippen LogP contribution in [0.3, 0.4) is 0 Å². The van der Waals surface area contributed by atoms with Crippen LogP contribution in [-0.4, -0.2) is 20.8 Å². The van der Waals surface area contributed by atoms with E-state index < -0.39 is 0 Å². The fraction of sp³-hybridized carbons (Fsp3) is 0.333. The van der Waals surface area contributed by atoms with E-state index in [4.69, 9.17) is 14.2 Å². The summed E-state index contributed by atoms with van der Waals surface area (Å²) in [6.07, 6.45) is 0.874. The normalized spacial score (nSPS) is 21.9. The molecule has 2 aromatic rings. The summed E-state index contributed by atoms with van der Waals surface area (Å²) in [6, 6.07) is 12.4. The predicted molar refractivity (Wildman–Crippen MR) is 83.7 cm³/mol. The number of nitrogens with one attached hydrogen (secondary N) is 1. The first kappa shape index (κ1) is 13.5. The first-order valence-corrected chi connectivity index (χ1v) is 7.49. The lowest BCUT2D eigenvalue weighted by Crippen LogP contribution is -2.46. The summed E-state index contributed by atoms with van der Waals surface area (Å²) in [7, 11) is 3.33. The molecule has 0 saturated carbocycles. The minimum Gasteiger partial charge on any atom is -0.493 e. The van der Waals surface area contributed by atoms with Gasteiger partial charge in [-0.3, -0.25) is 0 Å². The predicted octanol–water partition coefficient (Wildman–Crippen LogP) is 2.64. The fourth-order valence-corrected chi connectivity index (χ4v) is 3.54. The molecule has 0 saturated heterocycles. The molecule has 0 radical (unpaired) electrons. The third kappa shape index (κ3) is 1.87.